The minimum Gasteiger partial charge on any atom is -0.339 e. The normalized spacial score (nSPS) is 17.4. The van der Waals surface area contributed by atoms with Gasteiger partial charge in [-0.3, -0.25) is 4.79 Å². The van der Waals surface area contributed by atoms with E-state index in [1.807, 2.05) is 0 Å². The first kappa shape index (κ1) is 15.6. The Hall–Kier alpha value is -1.78. The lowest BCUT2D eigenvalue weighted by Gasteiger charge is -2.29. The lowest BCUT2D eigenvalue weighted by atomic mass is 9.99. The number of benzene rings is 1. The summed E-state index contributed by atoms with van der Waals surface area (Å²) < 4.78 is 37.3. The summed E-state index contributed by atoms with van der Waals surface area (Å²) in [5.74, 6) is 0.565. The molecular formula is C16H18F3NO. The molecule has 114 valence electrons. The number of hydrogen-bond acceptors (Lipinski definition) is 1. The molecule has 5 heteroatoms. The number of piperidine rings is 1. The van der Waals surface area contributed by atoms with Crippen LogP contribution in [0.3, 0.4) is 0 Å². The zero-order valence-electron chi connectivity index (χ0n) is 11.9. The van der Waals surface area contributed by atoms with Crippen molar-refractivity contribution in [3.63, 3.8) is 0 Å². The quantitative estimate of drug-likeness (QED) is 0.756. The minimum atomic E-state index is -4.33. The van der Waals surface area contributed by atoms with Crippen molar-refractivity contribution in [3.05, 3.63) is 41.5 Å². The average molecular weight is 297 g/mol. The third-order valence-corrected chi connectivity index (χ3v) is 3.75. The fraction of sp³-hybridized carbons (Fsp3) is 0.438. The van der Waals surface area contributed by atoms with Gasteiger partial charge in [-0.1, -0.05) is 19.1 Å². The van der Waals surface area contributed by atoms with Crippen LogP contribution in [0.5, 0.6) is 0 Å². The van der Waals surface area contributed by atoms with Crippen LogP contribution in [0.25, 0.3) is 6.08 Å². The third-order valence-electron chi connectivity index (χ3n) is 3.75. The maximum atomic E-state index is 12.4. The van der Waals surface area contributed by atoms with Gasteiger partial charge in [0.05, 0.1) is 5.56 Å². The molecule has 2 nitrogen and oxygen atoms in total. The number of carbonyl (C=O) groups is 1. The van der Waals surface area contributed by atoms with Crippen molar-refractivity contribution in [2.45, 2.75) is 25.9 Å². The SMILES string of the molecule is CC1CCN(C(=O)/C=C/c2ccc(C(F)(F)F)cc2)CC1. The fourth-order valence-electron chi connectivity index (χ4n) is 2.29. The molecule has 0 aromatic heterocycles. The first-order valence-electron chi connectivity index (χ1n) is 7.00. The topological polar surface area (TPSA) is 20.3 Å². The van der Waals surface area contributed by atoms with Gasteiger partial charge in [-0.15, -0.1) is 0 Å². The van der Waals surface area contributed by atoms with Crippen LogP contribution in [0.2, 0.25) is 0 Å². The second-order valence-corrected chi connectivity index (χ2v) is 5.46. The van der Waals surface area contributed by atoms with Crippen molar-refractivity contribution in [1.82, 2.24) is 4.90 Å². The number of hydrogen-bond donors (Lipinski definition) is 0. The summed E-state index contributed by atoms with van der Waals surface area (Å²) in [7, 11) is 0. The molecule has 2 rings (SSSR count). The summed E-state index contributed by atoms with van der Waals surface area (Å²) in [6.45, 7) is 3.66. The maximum absolute atomic E-state index is 12.4. The molecule has 1 fully saturated rings. The summed E-state index contributed by atoms with van der Waals surface area (Å²) in [5, 5.41) is 0. The number of halogens is 3. The molecule has 0 spiro atoms. The van der Waals surface area contributed by atoms with Crippen LogP contribution in [-0.2, 0) is 11.0 Å². The van der Waals surface area contributed by atoms with Gasteiger partial charge in [0.1, 0.15) is 0 Å². The first-order chi connectivity index (χ1) is 9.86. The van der Waals surface area contributed by atoms with E-state index in [9.17, 15) is 18.0 Å². The van der Waals surface area contributed by atoms with E-state index >= 15 is 0 Å². The van der Waals surface area contributed by atoms with Crippen molar-refractivity contribution < 1.29 is 18.0 Å². The van der Waals surface area contributed by atoms with Gasteiger partial charge in [0.2, 0.25) is 5.91 Å². The van der Waals surface area contributed by atoms with Crippen molar-refractivity contribution in [2.75, 3.05) is 13.1 Å². The van der Waals surface area contributed by atoms with Crippen LogP contribution in [0.1, 0.15) is 30.9 Å². The highest BCUT2D eigenvalue weighted by Crippen LogP contribution is 2.29. The van der Waals surface area contributed by atoms with Gasteiger partial charge in [-0.25, -0.2) is 0 Å². The van der Waals surface area contributed by atoms with E-state index in [-0.39, 0.29) is 5.91 Å². The van der Waals surface area contributed by atoms with Gasteiger partial charge < -0.3 is 4.90 Å². The van der Waals surface area contributed by atoms with Gasteiger partial charge >= 0.3 is 6.18 Å². The third kappa shape index (κ3) is 4.34. The molecule has 1 saturated heterocycles. The van der Waals surface area contributed by atoms with Gasteiger partial charge in [-0.05, 0) is 42.5 Å². The van der Waals surface area contributed by atoms with Gasteiger partial charge in [0, 0.05) is 19.2 Å². The standard InChI is InChI=1S/C16H18F3NO/c1-12-8-10-20(11-9-12)15(21)7-4-13-2-5-14(6-3-13)16(17,18)19/h2-7,12H,8-11H2,1H3/b7-4+. The molecule has 0 N–H and O–H groups in total. The van der Waals surface area contributed by atoms with Crippen molar-refractivity contribution in [2.24, 2.45) is 5.92 Å². The summed E-state index contributed by atoms with van der Waals surface area (Å²) in [6, 6.07) is 4.77. The minimum absolute atomic E-state index is 0.0817. The van der Waals surface area contributed by atoms with Crippen molar-refractivity contribution in [1.29, 1.82) is 0 Å². The van der Waals surface area contributed by atoms with Gasteiger partial charge in [0.15, 0.2) is 0 Å². The van der Waals surface area contributed by atoms with E-state index in [1.54, 1.807) is 11.0 Å². The highest BCUT2D eigenvalue weighted by Gasteiger charge is 2.29. The first-order valence-corrected chi connectivity index (χ1v) is 7.00. The summed E-state index contributed by atoms with van der Waals surface area (Å²) >= 11 is 0. The molecule has 1 aliphatic rings. The number of alkyl halides is 3. The Bertz CT molecular complexity index is 511. The molecule has 0 bridgehead atoms. The van der Waals surface area contributed by atoms with Crippen LogP contribution in [0.15, 0.2) is 30.3 Å². The molecule has 21 heavy (non-hydrogen) atoms. The fourth-order valence-corrected chi connectivity index (χ4v) is 2.29. The largest absolute Gasteiger partial charge is 0.416 e. The Morgan fingerprint density at radius 2 is 1.76 bits per heavy atom. The molecule has 1 heterocycles. The van der Waals surface area contributed by atoms with Crippen LogP contribution in [0.4, 0.5) is 13.2 Å². The van der Waals surface area contributed by atoms with E-state index in [4.69, 9.17) is 0 Å². The molecule has 1 aliphatic heterocycles. The van der Waals surface area contributed by atoms with E-state index in [0.29, 0.717) is 11.5 Å². The molecule has 1 aromatic rings. The number of carbonyl (C=O) groups excluding carboxylic acids is 1. The summed E-state index contributed by atoms with van der Waals surface area (Å²) in [4.78, 5) is 13.7. The van der Waals surface area contributed by atoms with Crippen LogP contribution < -0.4 is 0 Å². The Labute approximate surface area is 122 Å². The summed E-state index contributed by atoms with van der Waals surface area (Å²) in [6.07, 6.45) is 0.654. The monoisotopic (exact) mass is 297 g/mol. The van der Waals surface area contributed by atoms with Crippen LogP contribution in [-0.4, -0.2) is 23.9 Å². The molecule has 0 unspecified atom stereocenters. The Morgan fingerprint density at radius 3 is 2.29 bits per heavy atom. The second kappa shape index (κ2) is 6.33. The number of rotatable bonds is 2. The van der Waals surface area contributed by atoms with Crippen LogP contribution in [0, 0.1) is 5.92 Å². The smallest absolute Gasteiger partial charge is 0.339 e. The van der Waals surface area contributed by atoms with E-state index in [2.05, 4.69) is 6.92 Å². The maximum Gasteiger partial charge on any atom is 0.416 e. The molecule has 0 atom stereocenters. The summed E-state index contributed by atoms with van der Waals surface area (Å²) in [5.41, 5.74) is -0.0993. The zero-order chi connectivity index (χ0) is 15.5. The molecule has 1 amide bonds. The molecule has 0 saturated carbocycles. The highest BCUT2D eigenvalue weighted by atomic mass is 19.4. The van der Waals surface area contributed by atoms with Crippen LogP contribution >= 0.6 is 0 Å². The van der Waals surface area contributed by atoms with Gasteiger partial charge in [0.25, 0.3) is 0 Å². The Balaban J connectivity index is 1.96. The Morgan fingerprint density at radius 1 is 1.19 bits per heavy atom. The van der Waals surface area contributed by atoms with Crippen molar-refractivity contribution in [3.8, 4) is 0 Å². The zero-order valence-corrected chi connectivity index (χ0v) is 11.9. The number of amides is 1. The molecule has 0 radical (unpaired) electrons. The van der Waals surface area contributed by atoms with E-state index in [1.165, 1.54) is 18.2 Å². The average Bonchev–Trinajstić information content (AvgIpc) is 2.45. The number of likely N-dealkylation sites (tertiary alicyclic amines) is 1. The molecule has 1 aromatic carbocycles. The molecular weight excluding hydrogens is 279 g/mol. The predicted molar refractivity (Wildman–Crippen MR) is 75.5 cm³/mol. The lowest BCUT2D eigenvalue weighted by Crippen LogP contribution is -2.36. The Kier molecular flexibility index (Phi) is 4.70. The lowest BCUT2D eigenvalue weighted by molar-refractivity contribution is -0.137. The van der Waals surface area contributed by atoms with E-state index in [0.717, 1.165) is 38.1 Å². The number of nitrogens with zero attached hydrogens (tertiary/aromatic N) is 1. The van der Waals surface area contributed by atoms with Gasteiger partial charge in [-0.2, -0.15) is 13.2 Å². The second-order valence-electron chi connectivity index (χ2n) is 5.46. The van der Waals surface area contributed by atoms with E-state index < -0.39 is 11.7 Å². The predicted octanol–water partition coefficient (Wildman–Crippen LogP) is 3.98. The van der Waals surface area contributed by atoms with Crippen molar-refractivity contribution >= 4 is 12.0 Å². The highest BCUT2D eigenvalue weighted by molar-refractivity contribution is 5.91. The molecule has 0 aliphatic carbocycles.